The van der Waals surface area contributed by atoms with Crippen LogP contribution in [-0.2, 0) is 20.0 Å². The molecule has 0 fully saturated rings. The van der Waals surface area contributed by atoms with Crippen LogP contribution >= 0.6 is 0 Å². The lowest BCUT2D eigenvalue weighted by molar-refractivity contribution is 0.0682. The number of carboxylic acids is 2. The second-order valence-electron chi connectivity index (χ2n) is 4.69. The third-order valence-electron chi connectivity index (χ3n) is 3.03. The summed E-state index contributed by atoms with van der Waals surface area (Å²) < 4.78 is 50.7. The Labute approximate surface area is 142 Å². The summed E-state index contributed by atoms with van der Waals surface area (Å²) in [7, 11) is -9.59. The van der Waals surface area contributed by atoms with Crippen molar-refractivity contribution in [3.63, 3.8) is 0 Å². The van der Waals surface area contributed by atoms with E-state index in [1.807, 2.05) is 0 Å². The molecule has 2 aromatic carbocycles. The SMILES string of the molecule is O=C(O)c1ccccc1S(=O)(=O)NS(=O)(=O)c1ccccc1C(=O)O. The predicted octanol–water partition coefficient (Wildman–Crippen LogP) is 0.750. The van der Waals surface area contributed by atoms with Crippen LogP contribution in [0.4, 0.5) is 0 Å². The largest absolute Gasteiger partial charge is 0.478 e. The minimum absolute atomic E-state index is 0.628. The topological polar surface area (TPSA) is 155 Å². The van der Waals surface area contributed by atoms with Crippen LogP contribution in [0.2, 0.25) is 0 Å². The molecule has 0 spiro atoms. The lowest BCUT2D eigenvalue weighted by atomic mass is 10.2. The minimum atomic E-state index is -4.80. The van der Waals surface area contributed by atoms with Crippen LogP contribution in [0.5, 0.6) is 0 Å². The standard InChI is InChI=1S/C14H11NO8S2/c16-13(17)9-5-1-3-7-11(9)24(20,21)15-25(22,23)12-8-4-2-6-10(12)14(18)19/h1-8,15H,(H,16,17)(H,18,19). The molecule has 25 heavy (non-hydrogen) atoms. The van der Waals surface area contributed by atoms with Crippen LogP contribution in [0.3, 0.4) is 0 Å². The van der Waals surface area contributed by atoms with Crippen molar-refractivity contribution in [2.24, 2.45) is 0 Å². The van der Waals surface area contributed by atoms with Crippen LogP contribution in [0.15, 0.2) is 58.3 Å². The monoisotopic (exact) mass is 385 g/mol. The molecule has 0 unspecified atom stereocenters. The molecule has 132 valence electrons. The molecule has 2 rings (SSSR count). The molecule has 0 aliphatic rings. The number of nitrogens with one attached hydrogen (secondary N) is 1. The molecule has 0 amide bonds. The fourth-order valence-electron chi connectivity index (χ4n) is 1.99. The molecule has 0 saturated carbocycles. The van der Waals surface area contributed by atoms with Gasteiger partial charge in [0, 0.05) is 0 Å². The van der Waals surface area contributed by atoms with Crippen LogP contribution in [-0.4, -0.2) is 39.0 Å². The lowest BCUT2D eigenvalue weighted by Crippen LogP contribution is -2.32. The maximum Gasteiger partial charge on any atom is 0.337 e. The van der Waals surface area contributed by atoms with E-state index in [-0.39, 0.29) is 0 Å². The Morgan fingerprint density at radius 3 is 1.32 bits per heavy atom. The zero-order chi connectivity index (χ0) is 18.8. The van der Waals surface area contributed by atoms with Crippen LogP contribution < -0.4 is 4.13 Å². The van der Waals surface area contributed by atoms with Gasteiger partial charge in [0.05, 0.1) is 20.9 Å². The summed E-state index contributed by atoms with van der Waals surface area (Å²) in [4.78, 5) is 20.7. The van der Waals surface area contributed by atoms with E-state index in [1.54, 1.807) is 0 Å². The fourth-order valence-corrected chi connectivity index (χ4v) is 5.27. The summed E-state index contributed by atoms with van der Waals surface area (Å²) in [6, 6.07) is 8.82. The van der Waals surface area contributed by atoms with Crippen molar-refractivity contribution in [3.05, 3.63) is 59.7 Å². The molecular weight excluding hydrogens is 374 g/mol. The molecule has 2 aromatic rings. The molecule has 9 nitrogen and oxygen atoms in total. The summed E-state index contributed by atoms with van der Waals surface area (Å²) in [6.07, 6.45) is 0. The number of benzene rings is 2. The maximum absolute atomic E-state index is 12.3. The first-order chi connectivity index (χ1) is 11.6. The van der Waals surface area contributed by atoms with E-state index in [2.05, 4.69) is 0 Å². The first-order valence-electron chi connectivity index (χ1n) is 6.49. The quantitative estimate of drug-likeness (QED) is 0.658. The van der Waals surface area contributed by atoms with E-state index in [9.17, 15) is 26.4 Å². The first kappa shape index (κ1) is 18.6. The Hall–Kier alpha value is -2.76. The van der Waals surface area contributed by atoms with Crippen molar-refractivity contribution in [3.8, 4) is 0 Å². The summed E-state index contributed by atoms with van der Waals surface area (Å²) in [6.45, 7) is 0. The van der Waals surface area contributed by atoms with Crippen molar-refractivity contribution in [2.45, 2.75) is 9.79 Å². The van der Waals surface area contributed by atoms with Crippen molar-refractivity contribution in [1.29, 1.82) is 0 Å². The highest BCUT2D eigenvalue weighted by molar-refractivity contribution is 8.04. The van der Waals surface area contributed by atoms with E-state index >= 15 is 0 Å². The molecule has 0 aromatic heterocycles. The van der Waals surface area contributed by atoms with Gasteiger partial charge in [-0.05, 0) is 24.3 Å². The number of sulfonamides is 2. The second-order valence-corrected chi connectivity index (χ2v) is 8.25. The summed E-state index contributed by atoms with van der Waals surface area (Å²) >= 11 is 0. The van der Waals surface area contributed by atoms with Gasteiger partial charge >= 0.3 is 11.9 Å². The third kappa shape index (κ3) is 3.84. The molecule has 0 aliphatic heterocycles. The van der Waals surface area contributed by atoms with Gasteiger partial charge < -0.3 is 10.2 Å². The minimum Gasteiger partial charge on any atom is -0.478 e. The molecule has 0 radical (unpaired) electrons. The zero-order valence-corrected chi connectivity index (χ0v) is 13.9. The molecule has 11 heteroatoms. The number of aromatic carboxylic acids is 2. The summed E-state index contributed by atoms with van der Waals surface area (Å²) in [5.41, 5.74) is -1.26. The van der Waals surface area contributed by atoms with Gasteiger partial charge in [0.15, 0.2) is 0 Å². The van der Waals surface area contributed by atoms with E-state index < -0.39 is 52.9 Å². The van der Waals surface area contributed by atoms with E-state index in [0.717, 1.165) is 24.3 Å². The van der Waals surface area contributed by atoms with Crippen molar-refractivity contribution >= 4 is 32.0 Å². The third-order valence-corrected chi connectivity index (χ3v) is 6.66. The Kier molecular flexibility index (Phi) is 4.92. The van der Waals surface area contributed by atoms with Crippen LogP contribution in [0, 0.1) is 0 Å². The molecular formula is C14H11NO8S2. The molecule has 0 aliphatic carbocycles. The second kappa shape index (κ2) is 6.63. The van der Waals surface area contributed by atoms with Crippen molar-refractivity contribution in [1.82, 2.24) is 4.13 Å². The fraction of sp³-hybridized carbons (Fsp3) is 0. The van der Waals surface area contributed by atoms with E-state index in [1.165, 1.54) is 28.4 Å². The normalized spacial score (nSPS) is 11.8. The highest BCUT2D eigenvalue weighted by atomic mass is 32.3. The zero-order valence-electron chi connectivity index (χ0n) is 12.3. The van der Waals surface area contributed by atoms with Gasteiger partial charge in [0.25, 0.3) is 20.0 Å². The van der Waals surface area contributed by atoms with Gasteiger partial charge in [-0.15, -0.1) is 4.13 Å². The first-order valence-corrected chi connectivity index (χ1v) is 9.46. The number of hydrogen-bond acceptors (Lipinski definition) is 6. The van der Waals surface area contributed by atoms with E-state index in [0.29, 0.717) is 0 Å². The van der Waals surface area contributed by atoms with Gasteiger partial charge in [-0.2, -0.15) is 0 Å². The van der Waals surface area contributed by atoms with Gasteiger partial charge in [0.2, 0.25) is 0 Å². The predicted molar refractivity (Wildman–Crippen MR) is 84.3 cm³/mol. The van der Waals surface area contributed by atoms with Gasteiger partial charge in [-0.25, -0.2) is 26.4 Å². The van der Waals surface area contributed by atoms with Gasteiger partial charge in [-0.1, -0.05) is 24.3 Å². The number of carbonyl (C=O) groups is 2. The lowest BCUT2D eigenvalue weighted by Gasteiger charge is -2.11. The highest BCUT2D eigenvalue weighted by Crippen LogP contribution is 2.20. The van der Waals surface area contributed by atoms with Gasteiger partial charge in [0.1, 0.15) is 0 Å². The Bertz CT molecular complexity index is 972. The van der Waals surface area contributed by atoms with E-state index in [4.69, 9.17) is 10.2 Å². The van der Waals surface area contributed by atoms with Crippen molar-refractivity contribution < 1.29 is 36.6 Å². The number of carboxylic acid groups (broad SMARTS) is 2. The Morgan fingerprint density at radius 2 is 1.00 bits per heavy atom. The Morgan fingerprint density at radius 1 is 0.680 bits per heavy atom. The molecule has 0 atom stereocenters. The smallest absolute Gasteiger partial charge is 0.337 e. The average Bonchev–Trinajstić information content (AvgIpc) is 2.54. The van der Waals surface area contributed by atoms with Crippen LogP contribution in [0.1, 0.15) is 20.7 Å². The maximum atomic E-state index is 12.3. The van der Waals surface area contributed by atoms with Gasteiger partial charge in [-0.3, -0.25) is 0 Å². The molecule has 0 saturated heterocycles. The van der Waals surface area contributed by atoms with Crippen LogP contribution in [0.25, 0.3) is 0 Å². The number of hydrogen-bond donors (Lipinski definition) is 3. The van der Waals surface area contributed by atoms with Crippen molar-refractivity contribution in [2.75, 3.05) is 0 Å². The number of rotatable bonds is 6. The summed E-state index contributed by atoms with van der Waals surface area (Å²) in [5, 5.41) is 18.1. The average molecular weight is 385 g/mol. The summed E-state index contributed by atoms with van der Waals surface area (Å²) in [5.74, 6) is -3.13. The molecule has 0 bridgehead atoms. The Balaban J connectivity index is 2.56. The molecule has 3 N–H and O–H groups in total. The molecule has 0 heterocycles. The highest BCUT2D eigenvalue weighted by Gasteiger charge is 2.30.